The minimum atomic E-state index is 0.0263. The fourth-order valence-electron chi connectivity index (χ4n) is 4.82. The third-order valence-corrected chi connectivity index (χ3v) is 6.95. The number of hydrogen-bond acceptors (Lipinski definition) is 3. The number of halogens is 1. The minimum Gasteiger partial charge on any atom is -0.492 e. The summed E-state index contributed by atoms with van der Waals surface area (Å²) in [7, 11) is 0. The van der Waals surface area contributed by atoms with E-state index in [1.165, 1.54) is 5.56 Å². The number of fused-ring (bicyclic) bond motifs is 1. The molecule has 2 heterocycles. The number of carbonyl (C=O) groups is 1. The lowest BCUT2D eigenvalue weighted by atomic mass is 10.1. The Morgan fingerprint density at radius 3 is 2.65 bits per heavy atom. The molecule has 3 aromatic carbocycles. The summed E-state index contributed by atoms with van der Waals surface area (Å²) in [5.74, 6) is 1.91. The van der Waals surface area contributed by atoms with Gasteiger partial charge in [-0.2, -0.15) is 0 Å². The fourth-order valence-corrected chi connectivity index (χ4v) is 4.94. The highest BCUT2D eigenvalue weighted by molar-refractivity contribution is 6.31. The molecule has 5 nitrogen and oxygen atoms in total. The zero-order chi connectivity index (χ0) is 23.8. The molecule has 1 amide bonds. The smallest absolute Gasteiger partial charge is 0.227 e. The van der Waals surface area contributed by atoms with E-state index in [9.17, 15) is 4.79 Å². The van der Waals surface area contributed by atoms with E-state index in [1.807, 2.05) is 48.2 Å². The molecule has 0 aliphatic carbocycles. The third-order valence-electron chi connectivity index (χ3n) is 6.53. The lowest BCUT2D eigenvalue weighted by Gasteiger charge is -2.20. The van der Waals surface area contributed by atoms with Crippen LogP contribution < -0.4 is 9.64 Å². The summed E-state index contributed by atoms with van der Waals surface area (Å²) in [4.78, 5) is 19.9. The minimum absolute atomic E-state index is 0.0263. The van der Waals surface area contributed by atoms with Crippen LogP contribution in [0.4, 0.5) is 5.69 Å². The van der Waals surface area contributed by atoms with Crippen molar-refractivity contribution in [1.29, 1.82) is 0 Å². The highest BCUT2D eigenvalue weighted by Gasteiger charge is 2.35. The molecule has 5 rings (SSSR count). The summed E-state index contributed by atoms with van der Waals surface area (Å²) in [6, 6.07) is 20.1. The number of imidazole rings is 1. The second-order valence-corrected chi connectivity index (χ2v) is 9.47. The van der Waals surface area contributed by atoms with Crippen molar-refractivity contribution in [2.24, 2.45) is 0 Å². The summed E-state index contributed by atoms with van der Waals surface area (Å²) in [5, 5.41) is 0.731. The summed E-state index contributed by atoms with van der Waals surface area (Å²) >= 11 is 6.14. The molecule has 6 heteroatoms. The van der Waals surface area contributed by atoms with Crippen LogP contribution >= 0.6 is 11.6 Å². The van der Waals surface area contributed by atoms with E-state index in [1.54, 1.807) is 0 Å². The molecule has 4 aromatic rings. The standard InChI is InChI=1S/C28H28ClN3O2/c1-18-8-11-25(20(3)14-18)32-17-21(16-27(32)33)28-30-24-6-4-5-7-26(24)31(28)12-13-34-22-9-10-23(29)19(2)15-22/h4-11,14-15,21H,12-13,16-17H2,1-3H3. The van der Waals surface area contributed by atoms with Crippen LogP contribution in [0, 0.1) is 20.8 Å². The first-order valence-corrected chi connectivity index (χ1v) is 12.0. The van der Waals surface area contributed by atoms with Crippen LogP contribution in [0.3, 0.4) is 0 Å². The molecule has 1 aliphatic heterocycles. The Bertz CT molecular complexity index is 1380. The zero-order valence-electron chi connectivity index (χ0n) is 19.7. The van der Waals surface area contributed by atoms with Gasteiger partial charge in [-0.3, -0.25) is 4.79 Å². The number of hydrogen-bond donors (Lipinski definition) is 0. The number of ether oxygens (including phenoxy) is 1. The third kappa shape index (κ3) is 4.28. The Morgan fingerprint density at radius 2 is 1.85 bits per heavy atom. The van der Waals surface area contributed by atoms with Gasteiger partial charge in [0.25, 0.3) is 0 Å². The molecule has 0 N–H and O–H groups in total. The topological polar surface area (TPSA) is 47.4 Å². The van der Waals surface area contributed by atoms with Crippen molar-refractivity contribution in [2.45, 2.75) is 39.7 Å². The number of anilines is 1. The maximum Gasteiger partial charge on any atom is 0.227 e. The molecule has 0 bridgehead atoms. The number of aryl methyl sites for hydroxylation is 3. The number of amides is 1. The second-order valence-electron chi connectivity index (χ2n) is 9.07. The van der Waals surface area contributed by atoms with Crippen molar-refractivity contribution < 1.29 is 9.53 Å². The van der Waals surface area contributed by atoms with Gasteiger partial charge in [0, 0.05) is 29.6 Å². The van der Waals surface area contributed by atoms with Crippen LogP contribution in [0.5, 0.6) is 5.75 Å². The first-order valence-electron chi connectivity index (χ1n) is 11.6. The Hall–Kier alpha value is -3.31. The monoisotopic (exact) mass is 473 g/mol. The van der Waals surface area contributed by atoms with Gasteiger partial charge in [-0.1, -0.05) is 41.4 Å². The molecule has 0 radical (unpaired) electrons. The SMILES string of the molecule is Cc1ccc(N2CC(c3nc4ccccc4n3CCOc3ccc(Cl)c(C)c3)CC2=O)c(C)c1. The number of aromatic nitrogens is 2. The maximum absolute atomic E-state index is 13.0. The Kier molecular flexibility index (Phi) is 6.05. The van der Waals surface area contributed by atoms with E-state index >= 15 is 0 Å². The number of carbonyl (C=O) groups excluding carboxylic acids is 1. The van der Waals surface area contributed by atoms with Crippen LogP contribution in [0.1, 0.15) is 34.9 Å². The van der Waals surface area contributed by atoms with E-state index in [0.717, 1.165) is 44.4 Å². The molecule has 1 aromatic heterocycles. The summed E-state index contributed by atoms with van der Waals surface area (Å²) in [6.45, 7) is 7.87. The van der Waals surface area contributed by atoms with E-state index < -0.39 is 0 Å². The highest BCUT2D eigenvalue weighted by atomic mass is 35.5. The molecule has 34 heavy (non-hydrogen) atoms. The average molecular weight is 474 g/mol. The van der Waals surface area contributed by atoms with Gasteiger partial charge in [-0.15, -0.1) is 0 Å². The van der Waals surface area contributed by atoms with Crippen molar-refractivity contribution in [3.63, 3.8) is 0 Å². The van der Waals surface area contributed by atoms with Gasteiger partial charge >= 0.3 is 0 Å². The molecule has 174 valence electrons. The molecule has 1 fully saturated rings. The lowest BCUT2D eigenvalue weighted by molar-refractivity contribution is -0.117. The highest BCUT2D eigenvalue weighted by Crippen LogP contribution is 2.34. The van der Waals surface area contributed by atoms with E-state index in [4.69, 9.17) is 21.3 Å². The van der Waals surface area contributed by atoms with Gasteiger partial charge in [0.05, 0.1) is 17.6 Å². The molecule has 0 spiro atoms. The lowest BCUT2D eigenvalue weighted by Crippen LogP contribution is -2.25. The summed E-state index contributed by atoms with van der Waals surface area (Å²) in [5.41, 5.74) is 6.30. The molecule has 1 saturated heterocycles. The maximum atomic E-state index is 13.0. The number of benzene rings is 3. The average Bonchev–Trinajstić information content (AvgIpc) is 3.37. The largest absolute Gasteiger partial charge is 0.492 e. The van der Waals surface area contributed by atoms with Crippen molar-refractivity contribution >= 4 is 34.2 Å². The van der Waals surface area contributed by atoms with Gasteiger partial charge in [0.2, 0.25) is 5.91 Å². The molecular weight excluding hydrogens is 446 g/mol. The number of rotatable bonds is 6. The van der Waals surface area contributed by atoms with Crippen molar-refractivity contribution in [3.8, 4) is 5.75 Å². The van der Waals surface area contributed by atoms with E-state index in [0.29, 0.717) is 26.1 Å². The number of nitrogens with zero attached hydrogens (tertiary/aromatic N) is 3. The van der Waals surface area contributed by atoms with E-state index in [2.05, 4.69) is 42.7 Å². The van der Waals surface area contributed by atoms with Gasteiger partial charge in [-0.05, 0) is 68.3 Å². The Balaban J connectivity index is 1.40. The summed E-state index contributed by atoms with van der Waals surface area (Å²) in [6.07, 6.45) is 0.452. The van der Waals surface area contributed by atoms with Crippen molar-refractivity contribution in [2.75, 3.05) is 18.1 Å². The van der Waals surface area contributed by atoms with Crippen molar-refractivity contribution in [1.82, 2.24) is 9.55 Å². The quantitative estimate of drug-likeness (QED) is 0.334. The van der Waals surface area contributed by atoms with Gasteiger partial charge < -0.3 is 14.2 Å². The van der Waals surface area contributed by atoms with Gasteiger partial charge in [-0.25, -0.2) is 4.98 Å². The summed E-state index contributed by atoms with van der Waals surface area (Å²) < 4.78 is 8.25. The van der Waals surface area contributed by atoms with Crippen LogP contribution in [0.15, 0.2) is 60.7 Å². The van der Waals surface area contributed by atoms with Crippen LogP contribution in [0.25, 0.3) is 11.0 Å². The van der Waals surface area contributed by atoms with Crippen LogP contribution in [-0.2, 0) is 11.3 Å². The molecular formula is C28H28ClN3O2. The second kappa shape index (κ2) is 9.15. The first-order chi connectivity index (χ1) is 16.4. The van der Waals surface area contributed by atoms with E-state index in [-0.39, 0.29) is 11.8 Å². The Labute approximate surface area is 204 Å². The van der Waals surface area contributed by atoms with Crippen LogP contribution in [0.2, 0.25) is 5.02 Å². The number of para-hydroxylation sites is 2. The predicted molar refractivity (Wildman–Crippen MR) is 137 cm³/mol. The van der Waals surface area contributed by atoms with Crippen molar-refractivity contribution in [3.05, 3.63) is 88.2 Å². The molecule has 1 atom stereocenters. The van der Waals surface area contributed by atoms with Gasteiger partial charge in [0.1, 0.15) is 18.2 Å². The normalized spacial score (nSPS) is 15.9. The Morgan fingerprint density at radius 1 is 1.03 bits per heavy atom. The molecule has 1 unspecified atom stereocenters. The van der Waals surface area contributed by atoms with Crippen LogP contribution in [-0.4, -0.2) is 28.6 Å². The fraction of sp³-hybridized carbons (Fsp3) is 0.286. The first kappa shape index (κ1) is 22.5. The molecule has 1 aliphatic rings. The van der Waals surface area contributed by atoms with Gasteiger partial charge in [0.15, 0.2) is 0 Å². The molecule has 0 saturated carbocycles. The zero-order valence-corrected chi connectivity index (χ0v) is 20.5. The predicted octanol–water partition coefficient (Wildman–Crippen LogP) is 6.21.